The second-order valence-electron chi connectivity index (χ2n) is 5.88. The Balaban J connectivity index is 1.58. The monoisotopic (exact) mass is 366 g/mol. The Morgan fingerprint density at radius 2 is 1.96 bits per heavy atom. The number of halogens is 1. The highest BCUT2D eigenvalue weighted by molar-refractivity contribution is 7.80. The van der Waals surface area contributed by atoms with Crippen LogP contribution in [0.4, 0.5) is 10.1 Å². The molecule has 0 aliphatic heterocycles. The third kappa shape index (κ3) is 5.00. The Hall–Kier alpha value is -2.99. The molecule has 132 valence electrons. The lowest BCUT2D eigenvalue weighted by Gasteiger charge is -2.08. The fourth-order valence-electron chi connectivity index (χ4n) is 2.51. The van der Waals surface area contributed by atoms with Crippen molar-refractivity contribution in [2.24, 2.45) is 5.10 Å². The van der Waals surface area contributed by atoms with E-state index < -0.39 is 0 Å². The Morgan fingerprint density at radius 3 is 2.73 bits per heavy atom. The number of thiocarbonyl (C=S) groups is 1. The highest BCUT2D eigenvalue weighted by Crippen LogP contribution is 2.10. The van der Waals surface area contributed by atoms with Gasteiger partial charge in [0, 0.05) is 18.4 Å². The van der Waals surface area contributed by atoms with Gasteiger partial charge in [0.25, 0.3) is 0 Å². The number of benzene rings is 2. The van der Waals surface area contributed by atoms with Gasteiger partial charge in [-0.05, 0) is 66.7 Å². The minimum Gasteiger partial charge on any atom is -0.342 e. The Labute approximate surface area is 157 Å². The molecule has 0 bridgehead atoms. The van der Waals surface area contributed by atoms with E-state index >= 15 is 0 Å². The van der Waals surface area contributed by atoms with Gasteiger partial charge in [-0.25, -0.2) is 4.39 Å². The van der Waals surface area contributed by atoms with Gasteiger partial charge in [-0.3, -0.25) is 5.43 Å². The van der Waals surface area contributed by atoms with Crippen molar-refractivity contribution in [2.45, 2.75) is 13.5 Å². The number of anilines is 1. The molecule has 26 heavy (non-hydrogen) atoms. The molecular formula is C20H19FN4S. The van der Waals surface area contributed by atoms with Crippen molar-refractivity contribution in [2.75, 3.05) is 5.32 Å². The van der Waals surface area contributed by atoms with Gasteiger partial charge < -0.3 is 9.88 Å². The van der Waals surface area contributed by atoms with Gasteiger partial charge in [-0.15, -0.1) is 0 Å². The van der Waals surface area contributed by atoms with Gasteiger partial charge in [-0.2, -0.15) is 5.10 Å². The standard InChI is InChI=1S/C20H19FN4S/c1-15-4-2-5-18(12-15)23-20(26)24-22-13-19-6-3-11-25(19)14-16-7-9-17(21)10-8-16/h2-13H,14H2,1H3,(H2,23,24,26)/b22-13-. The van der Waals surface area contributed by atoms with Crippen LogP contribution in [-0.4, -0.2) is 15.9 Å². The quantitative estimate of drug-likeness (QED) is 0.402. The molecule has 0 aliphatic rings. The molecule has 2 N–H and O–H groups in total. The lowest BCUT2D eigenvalue weighted by atomic mass is 10.2. The topological polar surface area (TPSA) is 41.4 Å². The number of rotatable bonds is 5. The predicted octanol–water partition coefficient (Wildman–Crippen LogP) is 4.30. The molecule has 0 atom stereocenters. The van der Waals surface area contributed by atoms with Crippen LogP contribution in [0.2, 0.25) is 0 Å². The van der Waals surface area contributed by atoms with E-state index in [0.717, 1.165) is 22.5 Å². The zero-order valence-electron chi connectivity index (χ0n) is 14.3. The number of hydrogen-bond donors (Lipinski definition) is 2. The first-order valence-corrected chi connectivity index (χ1v) is 8.57. The van der Waals surface area contributed by atoms with Gasteiger partial charge in [-0.1, -0.05) is 24.3 Å². The van der Waals surface area contributed by atoms with Crippen molar-refractivity contribution in [3.63, 3.8) is 0 Å². The molecule has 0 saturated carbocycles. The fraction of sp³-hybridized carbons (Fsp3) is 0.100. The number of nitrogens with one attached hydrogen (secondary N) is 2. The van der Waals surface area contributed by atoms with Gasteiger partial charge in [0.2, 0.25) is 0 Å². The Kier molecular flexibility index (Phi) is 5.76. The summed E-state index contributed by atoms with van der Waals surface area (Å²) in [5.74, 6) is -0.234. The molecule has 1 aromatic heterocycles. The van der Waals surface area contributed by atoms with Crippen LogP contribution in [-0.2, 0) is 6.54 Å². The van der Waals surface area contributed by atoms with E-state index in [-0.39, 0.29) is 5.82 Å². The van der Waals surface area contributed by atoms with Crippen molar-refractivity contribution < 1.29 is 4.39 Å². The van der Waals surface area contributed by atoms with Gasteiger partial charge >= 0.3 is 0 Å². The molecule has 0 saturated heterocycles. The third-order valence-corrected chi connectivity index (χ3v) is 3.96. The molecule has 1 heterocycles. The van der Waals surface area contributed by atoms with E-state index in [2.05, 4.69) is 15.8 Å². The summed E-state index contributed by atoms with van der Waals surface area (Å²) in [6.07, 6.45) is 3.65. The van der Waals surface area contributed by atoms with Gasteiger partial charge in [0.1, 0.15) is 5.82 Å². The minimum atomic E-state index is -0.234. The SMILES string of the molecule is Cc1cccc(NC(=S)N/N=C\c2cccn2Cc2ccc(F)cc2)c1. The fourth-order valence-corrected chi connectivity index (χ4v) is 2.68. The third-order valence-electron chi connectivity index (χ3n) is 3.77. The second-order valence-corrected chi connectivity index (χ2v) is 6.29. The maximum absolute atomic E-state index is 13.0. The Morgan fingerprint density at radius 1 is 1.15 bits per heavy atom. The molecule has 3 rings (SSSR count). The van der Waals surface area contributed by atoms with E-state index in [1.165, 1.54) is 12.1 Å². The lowest BCUT2D eigenvalue weighted by Crippen LogP contribution is -2.24. The number of aromatic nitrogens is 1. The summed E-state index contributed by atoms with van der Waals surface area (Å²) >= 11 is 5.25. The summed E-state index contributed by atoms with van der Waals surface area (Å²) in [6, 6.07) is 18.3. The average molecular weight is 366 g/mol. The molecule has 0 radical (unpaired) electrons. The van der Waals surface area contributed by atoms with E-state index in [0.29, 0.717) is 11.7 Å². The zero-order valence-corrected chi connectivity index (χ0v) is 15.1. The summed E-state index contributed by atoms with van der Waals surface area (Å²) < 4.78 is 15.0. The molecule has 2 aromatic carbocycles. The largest absolute Gasteiger partial charge is 0.342 e. The van der Waals surface area contributed by atoms with Crippen LogP contribution in [0.25, 0.3) is 0 Å². The molecular weight excluding hydrogens is 347 g/mol. The summed E-state index contributed by atoms with van der Waals surface area (Å²) in [5, 5.41) is 7.70. The van der Waals surface area contributed by atoms with Crippen LogP contribution in [0.3, 0.4) is 0 Å². The van der Waals surface area contributed by atoms with Gasteiger partial charge in [0.05, 0.1) is 11.9 Å². The first kappa shape index (κ1) is 17.8. The smallest absolute Gasteiger partial charge is 0.191 e. The highest BCUT2D eigenvalue weighted by atomic mass is 32.1. The van der Waals surface area contributed by atoms with E-state index in [9.17, 15) is 4.39 Å². The van der Waals surface area contributed by atoms with Crippen molar-refractivity contribution in [1.82, 2.24) is 9.99 Å². The van der Waals surface area contributed by atoms with Crippen LogP contribution >= 0.6 is 12.2 Å². The average Bonchev–Trinajstić information content (AvgIpc) is 3.04. The molecule has 4 nitrogen and oxygen atoms in total. The number of nitrogens with zero attached hydrogens (tertiary/aromatic N) is 2. The van der Waals surface area contributed by atoms with E-state index in [1.54, 1.807) is 18.3 Å². The summed E-state index contributed by atoms with van der Waals surface area (Å²) in [5.41, 5.74) is 6.81. The van der Waals surface area contributed by atoms with Crippen LogP contribution < -0.4 is 10.7 Å². The maximum Gasteiger partial charge on any atom is 0.191 e. The molecule has 0 amide bonds. The maximum atomic E-state index is 13.0. The molecule has 0 fully saturated rings. The van der Waals surface area contributed by atoms with Crippen LogP contribution in [0, 0.1) is 12.7 Å². The van der Waals surface area contributed by atoms with Crippen LogP contribution in [0.15, 0.2) is 72.0 Å². The first-order chi connectivity index (χ1) is 12.6. The van der Waals surface area contributed by atoms with Crippen molar-refractivity contribution >= 4 is 29.2 Å². The molecule has 0 spiro atoms. The van der Waals surface area contributed by atoms with Gasteiger partial charge in [0.15, 0.2) is 5.11 Å². The second kappa shape index (κ2) is 8.40. The first-order valence-electron chi connectivity index (χ1n) is 8.16. The molecule has 6 heteroatoms. The van der Waals surface area contributed by atoms with Crippen molar-refractivity contribution in [3.05, 3.63) is 89.5 Å². The summed E-state index contributed by atoms with van der Waals surface area (Å²) in [7, 11) is 0. The molecule has 0 aliphatic carbocycles. The summed E-state index contributed by atoms with van der Waals surface area (Å²) in [6.45, 7) is 2.66. The number of aryl methyl sites for hydroxylation is 1. The van der Waals surface area contributed by atoms with Crippen molar-refractivity contribution in [1.29, 1.82) is 0 Å². The van der Waals surface area contributed by atoms with Crippen LogP contribution in [0.1, 0.15) is 16.8 Å². The Bertz CT molecular complexity index is 916. The normalized spacial score (nSPS) is 10.8. The predicted molar refractivity (Wildman–Crippen MR) is 108 cm³/mol. The van der Waals surface area contributed by atoms with Crippen molar-refractivity contribution in [3.8, 4) is 0 Å². The van der Waals surface area contributed by atoms with E-state index in [4.69, 9.17) is 12.2 Å². The van der Waals surface area contributed by atoms with E-state index in [1.807, 2.05) is 54.1 Å². The minimum absolute atomic E-state index is 0.234. The molecule has 3 aromatic rings. The summed E-state index contributed by atoms with van der Waals surface area (Å²) in [4.78, 5) is 0. The number of hydrogen-bond acceptors (Lipinski definition) is 2. The number of hydrazone groups is 1. The highest BCUT2D eigenvalue weighted by Gasteiger charge is 2.01. The van der Waals surface area contributed by atoms with Crippen LogP contribution in [0.5, 0.6) is 0 Å². The zero-order chi connectivity index (χ0) is 18.4. The lowest BCUT2D eigenvalue weighted by molar-refractivity contribution is 0.626. The molecule has 0 unspecified atom stereocenters.